The SMILES string of the molecule is Cc1cc(Br)cc(C(N)c2ccc(F)c(F)c2F)c1. The third-order valence-electron chi connectivity index (χ3n) is 2.82. The van der Waals surface area contributed by atoms with E-state index < -0.39 is 23.5 Å². The Morgan fingerprint density at radius 1 is 1.05 bits per heavy atom. The van der Waals surface area contributed by atoms with Crippen LogP contribution in [0.3, 0.4) is 0 Å². The number of rotatable bonds is 2. The third-order valence-corrected chi connectivity index (χ3v) is 3.28. The van der Waals surface area contributed by atoms with Gasteiger partial charge in [0.2, 0.25) is 0 Å². The van der Waals surface area contributed by atoms with Crippen LogP contribution in [0.5, 0.6) is 0 Å². The zero-order valence-electron chi connectivity index (χ0n) is 10.1. The first-order chi connectivity index (χ1) is 8.90. The van der Waals surface area contributed by atoms with E-state index >= 15 is 0 Å². The molecule has 0 bridgehead atoms. The normalized spacial score (nSPS) is 12.5. The lowest BCUT2D eigenvalue weighted by Gasteiger charge is -2.15. The first kappa shape index (κ1) is 14.1. The minimum atomic E-state index is -1.50. The maximum Gasteiger partial charge on any atom is 0.194 e. The Labute approximate surface area is 117 Å². The summed E-state index contributed by atoms with van der Waals surface area (Å²) in [6.45, 7) is 1.86. The maximum atomic E-state index is 13.7. The number of aryl methyl sites for hydroxylation is 1. The number of nitrogens with two attached hydrogens (primary N) is 1. The molecule has 0 amide bonds. The summed E-state index contributed by atoms with van der Waals surface area (Å²) in [4.78, 5) is 0. The van der Waals surface area contributed by atoms with Gasteiger partial charge in [-0.15, -0.1) is 0 Å². The fourth-order valence-corrected chi connectivity index (χ4v) is 2.53. The molecule has 1 unspecified atom stereocenters. The molecule has 0 aromatic heterocycles. The van der Waals surface area contributed by atoms with Gasteiger partial charge < -0.3 is 5.73 Å². The Bertz CT molecular complexity index is 608. The Morgan fingerprint density at radius 2 is 1.74 bits per heavy atom. The van der Waals surface area contributed by atoms with Gasteiger partial charge in [-0.2, -0.15) is 0 Å². The van der Waals surface area contributed by atoms with Crippen molar-refractivity contribution in [3.8, 4) is 0 Å². The van der Waals surface area contributed by atoms with Crippen LogP contribution in [0, 0.1) is 24.4 Å². The van der Waals surface area contributed by atoms with E-state index in [1.165, 1.54) is 0 Å². The van der Waals surface area contributed by atoms with Crippen molar-refractivity contribution in [3.05, 3.63) is 68.9 Å². The molecule has 2 aromatic rings. The van der Waals surface area contributed by atoms with E-state index in [0.29, 0.717) is 5.56 Å². The molecule has 0 heterocycles. The van der Waals surface area contributed by atoms with Crippen molar-refractivity contribution in [2.24, 2.45) is 5.73 Å². The van der Waals surface area contributed by atoms with Crippen LogP contribution in [0.25, 0.3) is 0 Å². The van der Waals surface area contributed by atoms with Crippen LogP contribution in [0.2, 0.25) is 0 Å². The first-order valence-electron chi connectivity index (χ1n) is 5.56. The van der Waals surface area contributed by atoms with Gasteiger partial charge in [0.25, 0.3) is 0 Å². The van der Waals surface area contributed by atoms with Crippen molar-refractivity contribution in [2.45, 2.75) is 13.0 Å². The summed E-state index contributed by atoms with van der Waals surface area (Å²) in [7, 11) is 0. The predicted molar refractivity (Wildman–Crippen MR) is 71.2 cm³/mol. The summed E-state index contributed by atoms with van der Waals surface area (Å²) >= 11 is 3.32. The summed E-state index contributed by atoms with van der Waals surface area (Å²) in [6.07, 6.45) is 0. The van der Waals surface area contributed by atoms with Crippen molar-refractivity contribution in [1.29, 1.82) is 0 Å². The molecule has 0 spiro atoms. The lowest BCUT2D eigenvalue weighted by Crippen LogP contribution is -2.15. The number of halogens is 4. The topological polar surface area (TPSA) is 26.0 Å². The summed E-state index contributed by atoms with van der Waals surface area (Å²) in [5.41, 5.74) is 7.41. The highest BCUT2D eigenvalue weighted by molar-refractivity contribution is 9.10. The van der Waals surface area contributed by atoms with Crippen molar-refractivity contribution in [1.82, 2.24) is 0 Å². The molecule has 1 nitrogen and oxygen atoms in total. The van der Waals surface area contributed by atoms with Gasteiger partial charge in [0.1, 0.15) is 0 Å². The predicted octanol–water partition coefficient (Wildman–Crippen LogP) is 4.22. The van der Waals surface area contributed by atoms with E-state index in [1.54, 1.807) is 12.1 Å². The van der Waals surface area contributed by atoms with E-state index in [0.717, 1.165) is 22.2 Å². The van der Waals surface area contributed by atoms with Gasteiger partial charge in [0, 0.05) is 10.0 Å². The van der Waals surface area contributed by atoms with Crippen LogP contribution in [-0.2, 0) is 0 Å². The lowest BCUT2D eigenvalue weighted by molar-refractivity contribution is 0.438. The second-order valence-electron chi connectivity index (χ2n) is 4.30. The minimum Gasteiger partial charge on any atom is -0.320 e. The molecule has 19 heavy (non-hydrogen) atoms. The highest BCUT2D eigenvalue weighted by Gasteiger charge is 2.19. The van der Waals surface area contributed by atoms with E-state index in [1.807, 2.05) is 13.0 Å². The molecule has 0 fully saturated rings. The van der Waals surface area contributed by atoms with Gasteiger partial charge in [-0.05, 0) is 36.2 Å². The van der Waals surface area contributed by atoms with Gasteiger partial charge in [-0.25, -0.2) is 13.2 Å². The first-order valence-corrected chi connectivity index (χ1v) is 6.35. The molecule has 0 aliphatic rings. The summed E-state index contributed by atoms with van der Waals surface area (Å²) in [6, 6.07) is 6.55. The molecule has 100 valence electrons. The smallest absolute Gasteiger partial charge is 0.194 e. The van der Waals surface area contributed by atoms with Gasteiger partial charge in [0.15, 0.2) is 17.5 Å². The van der Waals surface area contributed by atoms with Gasteiger partial charge in [-0.1, -0.05) is 28.1 Å². The molecular formula is C14H11BrF3N. The monoisotopic (exact) mass is 329 g/mol. The Hall–Kier alpha value is -1.33. The van der Waals surface area contributed by atoms with Crippen molar-refractivity contribution < 1.29 is 13.2 Å². The fourth-order valence-electron chi connectivity index (χ4n) is 1.90. The molecule has 0 aliphatic heterocycles. The molecule has 5 heteroatoms. The molecular weight excluding hydrogens is 319 g/mol. The minimum absolute atomic E-state index is 0.0728. The van der Waals surface area contributed by atoms with Crippen LogP contribution in [-0.4, -0.2) is 0 Å². The van der Waals surface area contributed by atoms with E-state index in [9.17, 15) is 13.2 Å². The van der Waals surface area contributed by atoms with E-state index in [4.69, 9.17) is 5.73 Å². The number of hydrogen-bond acceptors (Lipinski definition) is 1. The van der Waals surface area contributed by atoms with Crippen LogP contribution in [0.1, 0.15) is 22.7 Å². The Kier molecular flexibility index (Phi) is 3.96. The van der Waals surface area contributed by atoms with Crippen molar-refractivity contribution >= 4 is 15.9 Å². The Morgan fingerprint density at radius 3 is 2.37 bits per heavy atom. The molecule has 0 aliphatic carbocycles. The second-order valence-corrected chi connectivity index (χ2v) is 5.22. The van der Waals surface area contributed by atoms with Gasteiger partial charge in [0.05, 0.1) is 6.04 Å². The zero-order valence-corrected chi connectivity index (χ0v) is 11.6. The molecule has 0 saturated carbocycles. The van der Waals surface area contributed by atoms with Crippen LogP contribution >= 0.6 is 15.9 Å². The van der Waals surface area contributed by atoms with Gasteiger partial charge in [-0.3, -0.25) is 0 Å². The largest absolute Gasteiger partial charge is 0.320 e. The quantitative estimate of drug-likeness (QED) is 0.820. The van der Waals surface area contributed by atoms with E-state index in [-0.39, 0.29) is 5.56 Å². The van der Waals surface area contributed by atoms with Crippen molar-refractivity contribution in [3.63, 3.8) is 0 Å². The zero-order chi connectivity index (χ0) is 14.2. The number of hydrogen-bond donors (Lipinski definition) is 1. The fraction of sp³-hybridized carbons (Fsp3) is 0.143. The summed E-state index contributed by atoms with van der Waals surface area (Å²) < 4.78 is 40.6. The van der Waals surface area contributed by atoms with Crippen LogP contribution in [0.4, 0.5) is 13.2 Å². The average molecular weight is 330 g/mol. The maximum absolute atomic E-state index is 13.7. The molecule has 2 aromatic carbocycles. The summed E-state index contributed by atoms with van der Waals surface area (Å²) in [5, 5.41) is 0. The van der Waals surface area contributed by atoms with Crippen LogP contribution < -0.4 is 5.73 Å². The van der Waals surface area contributed by atoms with Crippen molar-refractivity contribution in [2.75, 3.05) is 0 Å². The highest BCUT2D eigenvalue weighted by atomic mass is 79.9. The summed E-state index contributed by atoms with van der Waals surface area (Å²) in [5.74, 6) is -3.97. The molecule has 2 N–H and O–H groups in total. The Balaban J connectivity index is 2.50. The number of benzene rings is 2. The third kappa shape index (κ3) is 2.82. The lowest BCUT2D eigenvalue weighted by atomic mass is 9.97. The molecule has 2 rings (SSSR count). The van der Waals surface area contributed by atoms with E-state index in [2.05, 4.69) is 15.9 Å². The molecule has 1 atom stereocenters. The second kappa shape index (κ2) is 5.35. The molecule has 0 saturated heterocycles. The van der Waals surface area contributed by atoms with Crippen LogP contribution in [0.15, 0.2) is 34.8 Å². The highest BCUT2D eigenvalue weighted by Crippen LogP contribution is 2.27. The standard InChI is InChI=1S/C14H11BrF3N/c1-7-4-8(6-9(15)5-7)14(19)10-2-3-11(16)13(18)12(10)17/h2-6,14H,19H2,1H3. The molecule has 0 radical (unpaired) electrons. The average Bonchev–Trinajstić information content (AvgIpc) is 2.34. The van der Waals surface area contributed by atoms with Gasteiger partial charge >= 0.3 is 0 Å².